The monoisotopic (exact) mass is 213 g/mol. The Kier molecular flexibility index (Phi) is 12.2. The molecule has 0 heterocycles. The molecule has 32 valence electrons. The first-order valence-electron chi connectivity index (χ1n) is 0.667. The molecule has 0 N–H and O–H groups in total. The molecule has 7 heteroatoms. The van der Waals surface area contributed by atoms with Crippen molar-refractivity contribution in [3.05, 3.63) is 0 Å². The van der Waals surface area contributed by atoms with Crippen LogP contribution >= 0.6 is 0 Å². The summed E-state index contributed by atoms with van der Waals surface area (Å²) in [5.74, 6) is 0. The summed E-state index contributed by atoms with van der Waals surface area (Å²) in [7, 11) is -5.17. The van der Waals surface area contributed by atoms with Gasteiger partial charge in [0.1, 0.15) is 0 Å². The molecule has 0 unspecified atom stereocenters. The minimum atomic E-state index is -5.17. The Hall–Kier alpha value is 1.29. The average Bonchev–Trinajstić information content (AvgIpc) is 0.722. The minimum Gasteiger partial charge on any atom is -0.759 e. The van der Waals surface area contributed by atoms with E-state index in [1.165, 1.54) is 0 Å². The SMILES string of the molecule is O=S(=O)([O-])[O-].[Al+3].[Zr+4]. The van der Waals surface area contributed by atoms with Gasteiger partial charge < -0.3 is 9.11 Å². The van der Waals surface area contributed by atoms with Crippen LogP contribution in [-0.2, 0) is 36.6 Å². The van der Waals surface area contributed by atoms with E-state index in [2.05, 4.69) is 0 Å². The summed E-state index contributed by atoms with van der Waals surface area (Å²) in [6.07, 6.45) is 0. The molecule has 0 aliphatic carbocycles. The third-order valence-electron chi connectivity index (χ3n) is 0. The van der Waals surface area contributed by atoms with Crippen molar-refractivity contribution < 1.29 is 43.7 Å². The molecule has 0 bridgehead atoms. The van der Waals surface area contributed by atoms with Gasteiger partial charge in [-0.2, -0.15) is 0 Å². The number of hydrogen-bond acceptors (Lipinski definition) is 4. The predicted octanol–water partition coefficient (Wildman–Crippen LogP) is -1.72. The minimum absolute atomic E-state index is 0. The molecule has 0 saturated carbocycles. The molecule has 4 nitrogen and oxygen atoms in total. The molecule has 0 aliphatic heterocycles. The van der Waals surface area contributed by atoms with Crippen LogP contribution in [0.2, 0.25) is 0 Å². The Labute approximate surface area is 71.1 Å². The van der Waals surface area contributed by atoms with E-state index in [0.29, 0.717) is 0 Å². The summed E-state index contributed by atoms with van der Waals surface area (Å²) in [5.41, 5.74) is 0. The van der Waals surface area contributed by atoms with Gasteiger partial charge in [-0.15, -0.1) is 0 Å². The summed E-state index contributed by atoms with van der Waals surface area (Å²) >= 11 is 0. The van der Waals surface area contributed by atoms with E-state index in [1.54, 1.807) is 0 Å². The van der Waals surface area contributed by atoms with Crippen molar-refractivity contribution in [3.8, 4) is 0 Å². The molecule has 0 aromatic rings. The molecule has 0 spiro atoms. The molecule has 7 heavy (non-hydrogen) atoms. The van der Waals surface area contributed by atoms with Crippen LogP contribution in [0.4, 0.5) is 0 Å². The fourth-order valence-corrected chi connectivity index (χ4v) is 0. The van der Waals surface area contributed by atoms with Crippen molar-refractivity contribution in [1.29, 1.82) is 0 Å². The first kappa shape index (κ1) is 15.7. The quantitative estimate of drug-likeness (QED) is 0.273. The summed E-state index contributed by atoms with van der Waals surface area (Å²) in [5, 5.41) is 0. The van der Waals surface area contributed by atoms with Crippen molar-refractivity contribution >= 4 is 27.8 Å². The van der Waals surface area contributed by atoms with Crippen LogP contribution in [0.25, 0.3) is 0 Å². The Morgan fingerprint density at radius 1 is 1.14 bits per heavy atom. The molecule has 0 rings (SSSR count). The van der Waals surface area contributed by atoms with Crippen molar-refractivity contribution in [2.75, 3.05) is 0 Å². The van der Waals surface area contributed by atoms with Crippen LogP contribution in [0.5, 0.6) is 0 Å². The number of hydrogen-bond donors (Lipinski definition) is 0. The second-order valence-electron chi connectivity index (χ2n) is 0.408. The zero-order valence-corrected chi connectivity index (χ0v) is 7.55. The fourth-order valence-electron chi connectivity index (χ4n) is 0. The van der Waals surface area contributed by atoms with E-state index in [0.717, 1.165) is 0 Å². The molecule has 0 radical (unpaired) electrons. The van der Waals surface area contributed by atoms with E-state index in [1.807, 2.05) is 0 Å². The van der Waals surface area contributed by atoms with Crippen LogP contribution in [0.15, 0.2) is 0 Å². The maximum Gasteiger partial charge on any atom is 4.00 e. The van der Waals surface area contributed by atoms with Gasteiger partial charge >= 0.3 is 43.6 Å². The van der Waals surface area contributed by atoms with E-state index < -0.39 is 10.4 Å². The summed E-state index contributed by atoms with van der Waals surface area (Å²) < 4.78 is 34.1. The zero-order chi connectivity index (χ0) is 4.50. The van der Waals surface area contributed by atoms with Crippen molar-refractivity contribution in [1.82, 2.24) is 0 Å². The molecule has 0 aromatic heterocycles. The Morgan fingerprint density at radius 3 is 1.14 bits per heavy atom. The second kappa shape index (κ2) is 5.42. The topological polar surface area (TPSA) is 80.3 Å². The molecule has 0 aromatic carbocycles. The van der Waals surface area contributed by atoms with Crippen LogP contribution in [-0.4, -0.2) is 34.9 Å². The number of rotatable bonds is 0. The second-order valence-corrected chi connectivity index (χ2v) is 1.22. The normalized spacial score (nSPS) is 8.29. The van der Waals surface area contributed by atoms with E-state index >= 15 is 0 Å². The van der Waals surface area contributed by atoms with E-state index in [-0.39, 0.29) is 43.6 Å². The van der Waals surface area contributed by atoms with E-state index in [4.69, 9.17) is 17.5 Å². The van der Waals surface area contributed by atoms with Gasteiger partial charge in [-0.05, 0) is 0 Å². The van der Waals surface area contributed by atoms with Gasteiger partial charge in [0.25, 0.3) is 0 Å². The first-order chi connectivity index (χ1) is 2.00. The van der Waals surface area contributed by atoms with Gasteiger partial charge in [0.2, 0.25) is 0 Å². The largest absolute Gasteiger partial charge is 4.00 e. The zero-order valence-electron chi connectivity index (χ0n) is 3.12. The summed E-state index contributed by atoms with van der Waals surface area (Å²) in [4.78, 5) is 0. The first-order valence-corrected chi connectivity index (χ1v) is 2.00. The Morgan fingerprint density at radius 2 is 1.14 bits per heavy atom. The molecule has 0 atom stereocenters. The van der Waals surface area contributed by atoms with Crippen molar-refractivity contribution in [3.63, 3.8) is 0 Å². The maximum absolute atomic E-state index is 8.52. The molecule has 0 aliphatic rings. The van der Waals surface area contributed by atoms with Gasteiger partial charge in [0.15, 0.2) is 0 Å². The van der Waals surface area contributed by atoms with Crippen LogP contribution in [0.1, 0.15) is 0 Å². The Bertz CT molecular complexity index is 94.9. The molecular weight excluding hydrogens is 214 g/mol. The third-order valence-corrected chi connectivity index (χ3v) is 0. The van der Waals surface area contributed by atoms with Crippen LogP contribution in [0, 0.1) is 0 Å². The van der Waals surface area contributed by atoms with E-state index in [9.17, 15) is 0 Å². The summed E-state index contributed by atoms with van der Waals surface area (Å²) in [6.45, 7) is 0. The average molecular weight is 214 g/mol. The molecule has 0 saturated heterocycles. The standard InChI is InChI=1S/Al.H2O4S.Zr/c;1-5(2,3)4;/h;(H2,1,2,3,4);/q+3;;+4/p-2. The Balaban J connectivity index is -0.0000000800. The van der Waals surface area contributed by atoms with Gasteiger partial charge in [0.05, 0.1) is 0 Å². The van der Waals surface area contributed by atoms with Gasteiger partial charge in [-0.25, -0.2) is 0 Å². The maximum atomic E-state index is 8.52. The smallest absolute Gasteiger partial charge is 0.759 e. The fraction of sp³-hybridized carbons (Fsp3) is 0. The van der Waals surface area contributed by atoms with Crippen LogP contribution < -0.4 is 0 Å². The van der Waals surface area contributed by atoms with Crippen LogP contribution in [0.3, 0.4) is 0 Å². The summed E-state index contributed by atoms with van der Waals surface area (Å²) in [6, 6.07) is 0. The van der Waals surface area contributed by atoms with Crippen molar-refractivity contribution in [2.45, 2.75) is 0 Å². The molecule has 0 amide bonds. The third kappa shape index (κ3) is 123. The van der Waals surface area contributed by atoms with Gasteiger partial charge in [0, 0.05) is 10.4 Å². The van der Waals surface area contributed by atoms with Gasteiger partial charge in [-0.1, -0.05) is 0 Å². The molecular formula is AlO4SZr+5. The molecule has 0 fully saturated rings. The predicted molar refractivity (Wildman–Crippen MR) is 16.2 cm³/mol. The van der Waals surface area contributed by atoms with Gasteiger partial charge in [-0.3, -0.25) is 8.42 Å². The van der Waals surface area contributed by atoms with Crippen molar-refractivity contribution in [2.24, 2.45) is 0 Å².